The molecule has 1 aromatic carbocycles. The highest BCUT2D eigenvalue weighted by Crippen LogP contribution is 2.35. The molecule has 0 amide bonds. The molecule has 1 heterocycles. The van der Waals surface area contributed by atoms with Crippen molar-refractivity contribution in [1.29, 1.82) is 0 Å². The molecule has 1 aromatic rings. The van der Waals surface area contributed by atoms with Crippen LogP contribution < -0.4 is 15.2 Å². The van der Waals surface area contributed by atoms with E-state index in [1.54, 1.807) is 7.11 Å². The molecule has 2 N–H and O–H groups in total. The van der Waals surface area contributed by atoms with Crippen molar-refractivity contribution in [3.8, 4) is 11.5 Å². The first kappa shape index (κ1) is 9.34. The molecule has 0 saturated carbocycles. The van der Waals surface area contributed by atoms with Crippen molar-refractivity contribution in [3.05, 3.63) is 23.8 Å². The van der Waals surface area contributed by atoms with Crippen molar-refractivity contribution in [3.63, 3.8) is 0 Å². The van der Waals surface area contributed by atoms with Gasteiger partial charge in [-0.15, -0.1) is 0 Å². The summed E-state index contributed by atoms with van der Waals surface area (Å²) in [5.74, 6) is 2.04. The second-order valence-corrected chi connectivity index (χ2v) is 3.72. The Morgan fingerprint density at radius 3 is 3.00 bits per heavy atom. The molecule has 3 heteroatoms. The minimum Gasteiger partial charge on any atom is -0.497 e. The molecule has 0 radical (unpaired) electrons. The van der Waals surface area contributed by atoms with Gasteiger partial charge < -0.3 is 15.2 Å². The van der Waals surface area contributed by atoms with Crippen LogP contribution in [0.2, 0.25) is 0 Å². The number of hydrogen-bond donors (Lipinski definition) is 1. The average molecular weight is 193 g/mol. The fourth-order valence-corrected chi connectivity index (χ4v) is 1.67. The minimum absolute atomic E-state index is 0.0738. The molecule has 0 aromatic heterocycles. The molecule has 2 unspecified atom stereocenters. The predicted octanol–water partition coefficient (Wildman–Crippen LogP) is 1.72. The van der Waals surface area contributed by atoms with Crippen LogP contribution in [0.5, 0.6) is 11.5 Å². The molecule has 0 spiro atoms. The van der Waals surface area contributed by atoms with Crippen LogP contribution >= 0.6 is 0 Å². The third-order valence-corrected chi connectivity index (χ3v) is 2.69. The maximum atomic E-state index is 6.06. The lowest BCUT2D eigenvalue weighted by molar-refractivity contribution is 0.206. The molecule has 14 heavy (non-hydrogen) atoms. The van der Waals surface area contributed by atoms with E-state index in [0.29, 0.717) is 12.5 Å². The van der Waals surface area contributed by atoms with E-state index in [1.807, 2.05) is 18.2 Å². The van der Waals surface area contributed by atoms with Gasteiger partial charge in [0.05, 0.1) is 13.7 Å². The van der Waals surface area contributed by atoms with Crippen molar-refractivity contribution in [2.24, 2.45) is 11.7 Å². The summed E-state index contributed by atoms with van der Waals surface area (Å²) >= 11 is 0. The van der Waals surface area contributed by atoms with Crippen LogP contribution in [0.25, 0.3) is 0 Å². The maximum absolute atomic E-state index is 6.06. The van der Waals surface area contributed by atoms with Gasteiger partial charge in [0, 0.05) is 23.6 Å². The zero-order valence-corrected chi connectivity index (χ0v) is 8.49. The highest BCUT2D eigenvalue weighted by atomic mass is 16.5. The van der Waals surface area contributed by atoms with Crippen molar-refractivity contribution >= 4 is 0 Å². The van der Waals surface area contributed by atoms with E-state index < -0.39 is 0 Å². The van der Waals surface area contributed by atoms with Crippen molar-refractivity contribution in [2.75, 3.05) is 13.7 Å². The summed E-state index contributed by atoms with van der Waals surface area (Å²) < 4.78 is 10.7. The summed E-state index contributed by atoms with van der Waals surface area (Å²) in [7, 11) is 1.65. The monoisotopic (exact) mass is 193 g/mol. The van der Waals surface area contributed by atoms with Gasteiger partial charge in [0.2, 0.25) is 0 Å². The van der Waals surface area contributed by atoms with E-state index >= 15 is 0 Å². The molecule has 3 nitrogen and oxygen atoms in total. The average Bonchev–Trinajstić information content (AvgIpc) is 2.23. The van der Waals surface area contributed by atoms with E-state index in [1.165, 1.54) is 0 Å². The van der Waals surface area contributed by atoms with E-state index in [0.717, 1.165) is 17.1 Å². The smallest absolute Gasteiger partial charge is 0.127 e. The van der Waals surface area contributed by atoms with Crippen LogP contribution in [0.15, 0.2) is 18.2 Å². The van der Waals surface area contributed by atoms with Crippen molar-refractivity contribution in [2.45, 2.75) is 13.0 Å². The van der Waals surface area contributed by atoms with E-state index in [-0.39, 0.29) is 6.04 Å². The van der Waals surface area contributed by atoms with Gasteiger partial charge in [0.1, 0.15) is 11.5 Å². The van der Waals surface area contributed by atoms with Crippen LogP contribution in [-0.4, -0.2) is 13.7 Å². The molecular weight excluding hydrogens is 178 g/mol. The van der Waals surface area contributed by atoms with Gasteiger partial charge >= 0.3 is 0 Å². The molecule has 0 saturated heterocycles. The fraction of sp³-hybridized carbons (Fsp3) is 0.455. The van der Waals surface area contributed by atoms with Crippen LogP contribution in [0.1, 0.15) is 18.5 Å². The lowest BCUT2D eigenvalue weighted by Gasteiger charge is -2.28. The summed E-state index contributed by atoms with van der Waals surface area (Å²) in [4.78, 5) is 0. The highest BCUT2D eigenvalue weighted by molar-refractivity contribution is 5.43. The number of hydrogen-bond acceptors (Lipinski definition) is 3. The molecule has 1 aliphatic heterocycles. The second kappa shape index (κ2) is 3.50. The largest absolute Gasteiger partial charge is 0.497 e. The minimum atomic E-state index is 0.0738. The Bertz CT molecular complexity index is 338. The third-order valence-electron chi connectivity index (χ3n) is 2.69. The summed E-state index contributed by atoms with van der Waals surface area (Å²) in [5, 5.41) is 0. The Balaban J connectivity index is 2.38. The quantitative estimate of drug-likeness (QED) is 0.738. The van der Waals surface area contributed by atoms with Gasteiger partial charge in [-0.25, -0.2) is 0 Å². The normalized spacial score (nSPS) is 25.1. The summed E-state index contributed by atoms with van der Waals surface area (Å²) in [5.41, 5.74) is 7.13. The maximum Gasteiger partial charge on any atom is 0.127 e. The standard InChI is InChI=1S/C11H15NO2/c1-7-6-14-10-5-8(13-2)3-4-9(10)11(7)12/h3-5,7,11H,6,12H2,1-2H3. The molecule has 2 atom stereocenters. The second-order valence-electron chi connectivity index (χ2n) is 3.72. The molecular formula is C11H15NO2. The fourth-order valence-electron chi connectivity index (χ4n) is 1.67. The van der Waals surface area contributed by atoms with Crippen LogP contribution in [0.4, 0.5) is 0 Å². The third kappa shape index (κ3) is 1.44. The number of nitrogens with two attached hydrogens (primary N) is 1. The van der Waals surface area contributed by atoms with E-state index in [9.17, 15) is 0 Å². The number of methoxy groups -OCH3 is 1. The SMILES string of the molecule is COc1ccc2c(c1)OCC(C)C2N. The zero-order valence-electron chi connectivity index (χ0n) is 8.49. The lowest BCUT2D eigenvalue weighted by Crippen LogP contribution is -2.29. The number of ether oxygens (including phenoxy) is 2. The van der Waals surface area contributed by atoms with Crippen molar-refractivity contribution in [1.82, 2.24) is 0 Å². The Hall–Kier alpha value is -1.22. The van der Waals surface area contributed by atoms with E-state index in [2.05, 4.69) is 6.92 Å². The van der Waals surface area contributed by atoms with Gasteiger partial charge in [0.15, 0.2) is 0 Å². The van der Waals surface area contributed by atoms with Gasteiger partial charge in [-0.1, -0.05) is 13.0 Å². The lowest BCUT2D eigenvalue weighted by atomic mass is 9.93. The summed E-state index contributed by atoms with van der Waals surface area (Å²) in [6, 6.07) is 5.86. The molecule has 0 fully saturated rings. The topological polar surface area (TPSA) is 44.5 Å². The van der Waals surface area contributed by atoms with Gasteiger partial charge in [0.25, 0.3) is 0 Å². The molecule has 0 aliphatic carbocycles. The predicted molar refractivity (Wildman–Crippen MR) is 54.6 cm³/mol. The van der Waals surface area contributed by atoms with Gasteiger partial charge in [-0.3, -0.25) is 0 Å². The number of fused-ring (bicyclic) bond motifs is 1. The molecule has 1 aliphatic rings. The summed E-state index contributed by atoms with van der Waals surface area (Å²) in [6.45, 7) is 2.78. The van der Waals surface area contributed by atoms with Gasteiger partial charge in [-0.2, -0.15) is 0 Å². The first-order valence-corrected chi connectivity index (χ1v) is 4.78. The molecule has 2 rings (SSSR count). The molecule has 76 valence electrons. The van der Waals surface area contributed by atoms with Crippen LogP contribution in [0.3, 0.4) is 0 Å². The highest BCUT2D eigenvalue weighted by Gasteiger charge is 2.24. The molecule has 0 bridgehead atoms. The Labute approximate surface area is 83.8 Å². The first-order valence-electron chi connectivity index (χ1n) is 4.78. The Morgan fingerprint density at radius 1 is 1.50 bits per heavy atom. The number of benzene rings is 1. The van der Waals surface area contributed by atoms with Gasteiger partial charge in [-0.05, 0) is 6.07 Å². The van der Waals surface area contributed by atoms with Crippen LogP contribution in [0, 0.1) is 5.92 Å². The number of rotatable bonds is 1. The van der Waals surface area contributed by atoms with Crippen LogP contribution in [-0.2, 0) is 0 Å². The first-order chi connectivity index (χ1) is 6.72. The Morgan fingerprint density at radius 2 is 2.29 bits per heavy atom. The summed E-state index contributed by atoms with van der Waals surface area (Å²) in [6.07, 6.45) is 0. The zero-order chi connectivity index (χ0) is 10.1. The van der Waals surface area contributed by atoms with Crippen molar-refractivity contribution < 1.29 is 9.47 Å². The Kier molecular flexibility index (Phi) is 2.33. The van der Waals surface area contributed by atoms with E-state index in [4.69, 9.17) is 15.2 Å².